The summed E-state index contributed by atoms with van der Waals surface area (Å²) in [4.78, 5) is 13.1. The third kappa shape index (κ3) is 4.98. The van der Waals surface area contributed by atoms with E-state index in [0.29, 0.717) is 6.54 Å². The molecule has 1 aromatic rings. The number of nitrogens with zero attached hydrogens (tertiary/aromatic N) is 1. The topological polar surface area (TPSA) is 45.9 Å². The maximum atomic E-state index is 11.7. The molecule has 0 bridgehead atoms. The number of rotatable bonds is 5. The van der Waals surface area contributed by atoms with E-state index in [9.17, 15) is 4.79 Å². The van der Waals surface area contributed by atoms with Crippen LogP contribution in [-0.4, -0.2) is 43.3 Å². The first-order valence-corrected chi connectivity index (χ1v) is 8.25. The van der Waals surface area contributed by atoms with Crippen molar-refractivity contribution in [1.29, 1.82) is 0 Å². The Labute approximate surface area is 124 Å². The van der Waals surface area contributed by atoms with Gasteiger partial charge in [0.2, 0.25) is 0 Å². The summed E-state index contributed by atoms with van der Waals surface area (Å²) in [6.07, 6.45) is 2.73. The Balaban J connectivity index is 1.75. The zero-order chi connectivity index (χ0) is 14.2. The number of hydrogen-bond acceptors (Lipinski definition) is 3. The van der Waals surface area contributed by atoms with Gasteiger partial charge in [-0.25, -0.2) is 5.43 Å². The molecule has 0 atom stereocenters. The van der Waals surface area contributed by atoms with Gasteiger partial charge in [-0.3, -0.25) is 4.79 Å². The van der Waals surface area contributed by atoms with Crippen molar-refractivity contribution in [2.24, 2.45) is 5.10 Å². The molecule has 1 aromatic carbocycles. The van der Waals surface area contributed by atoms with Crippen LogP contribution in [0.3, 0.4) is 0 Å². The molecule has 1 aliphatic rings. The van der Waals surface area contributed by atoms with Gasteiger partial charge < -0.3 is 4.90 Å². The van der Waals surface area contributed by atoms with Crippen molar-refractivity contribution in [3.05, 3.63) is 35.4 Å². The van der Waals surface area contributed by atoms with Crippen molar-refractivity contribution < 1.29 is 9.69 Å². The molecule has 4 nitrogen and oxygen atoms in total. The van der Waals surface area contributed by atoms with E-state index >= 15 is 0 Å². The molecule has 2 N–H and O–H groups in total. The van der Waals surface area contributed by atoms with Gasteiger partial charge in [0, 0.05) is 11.5 Å². The van der Waals surface area contributed by atoms with Crippen LogP contribution in [0.2, 0.25) is 0 Å². The maximum Gasteiger partial charge on any atom is 0.295 e. The van der Waals surface area contributed by atoms with Crippen molar-refractivity contribution in [3.63, 3.8) is 0 Å². The van der Waals surface area contributed by atoms with E-state index in [1.54, 1.807) is 6.21 Å². The van der Waals surface area contributed by atoms with E-state index in [1.165, 1.54) is 10.5 Å². The summed E-state index contributed by atoms with van der Waals surface area (Å²) in [5.74, 6) is 2.29. The second-order valence-electron chi connectivity index (χ2n) is 4.93. The lowest BCUT2D eigenvalue weighted by atomic mass is 10.1. The first-order chi connectivity index (χ1) is 9.78. The fourth-order valence-electron chi connectivity index (χ4n) is 2.12. The predicted molar refractivity (Wildman–Crippen MR) is 84.4 cm³/mol. The number of aryl methyl sites for hydroxylation is 1. The molecular weight excluding hydrogens is 270 g/mol. The SMILES string of the molecule is CCc1ccc(/C=N\NC(=O)C[NH+]2CCSCC2)cc1. The molecule has 5 heteroatoms. The molecule has 0 unspecified atom stereocenters. The molecule has 20 heavy (non-hydrogen) atoms. The van der Waals surface area contributed by atoms with E-state index < -0.39 is 0 Å². The van der Waals surface area contributed by atoms with Crippen molar-refractivity contribution in [1.82, 2.24) is 5.43 Å². The lowest BCUT2D eigenvalue weighted by Gasteiger charge is -2.21. The normalized spacial score (nSPS) is 16.4. The number of hydrazone groups is 1. The monoisotopic (exact) mass is 292 g/mol. The number of quaternary nitrogens is 1. The maximum absolute atomic E-state index is 11.7. The number of carbonyl (C=O) groups excluding carboxylic acids is 1. The molecule has 1 fully saturated rings. The smallest absolute Gasteiger partial charge is 0.295 e. The molecule has 0 aliphatic carbocycles. The van der Waals surface area contributed by atoms with Crippen LogP contribution in [0.5, 0.6) is 0 Å². The Morgan fingerprint density at radius 2 is 2.05 bits per heavy atom. The minimum atomic E-state index is -0.00618. The van der Waals surface area contributed by atoms with Gasteiger partial charge in [-0.1, -0.05) is 31.2 Å². The van der Waals surface area contributed by atoms with E-state index in [-0.39, 0.29) is 5.91 Å². The lowest BCUT2D eigenvalue weighted by Crippen LogP contribution is -3.14. The molecule has 1 aliphatic heterocycles. The summed E-state index contributed by atoms with van der Waals surface area (Å²) in [6, 6.07) is 8.20. The number of amides is 1. The van der Waals surface area contributed by atoms with Crippen molar-refractivity contribution in [2.75, 3.05) is 31.1 Å². The quantitative estimate of drug-likeness (QED) is 0.607. The van der Waals surface area contributed by atoms with Gasteiger partial charge in [0.1, 0.15) is 0 Å². The number of thioether (sulfide) groups is 1. The summed E-state index contributed by atoms with van der Waals surface area (Å²) >= 11 is 1.96. The molecule has 1 heterocycles. The van der Waals surface area contributed by atoms with Crippen LogP contribution < -0.4 is 10.3 Å². The second-order valence-corrected chi connectivity index (χ2v) is 6.15. The van der Waals surface area contributed by atoms with E-state index in [1.807, 2.05) is 23.9 Å². The highest BCUT2D eigenvalue weighted by molar-refractivity contribution is 7.99. The summed E-state index contributed by atoms with van der Waals surface area (Å²) in [5, 5.41) is 4.02. The fourth-order valence-corrected chi connectivity index (χ4v) is 3.19. The van der Waals surface area contributed by atoms with Crippen LogP contribution in [-0.2, 0) is 11.2 Å². The van der Waals surface area contributed by atoms with Gasteiger partial charge in [0.15, 0.2) is 6.54 Å². The lowest BCUT2D eigenvalue weighted by molar-refractivity contribution is -0.888. The molecule has 1 saturated heterocycles. The minimum absolute atomic E-state index is 0.00618. The molecule has 108 valence electrons. The Morgan fingerprint density at radius 1 is 1.35 bits per heavy atom. The molecule has 0 aromatic heterocycles. The fraction of sp³-hybridized carbons (Fsp3) is 0.467. The van der Waals surface area contributed by atoms with Gasteiger partial charge >= 0.3 is 0 Å². The van der Waals surface area contributed by atoms with Crippen LogP contribution in [0.1, 0.15) is 18.1 Å². The molecule has 0 radical (unpaired) electrons. The van der Waals surface area contributed by atoms with Gasteiger partial charge in [-0.2, -0.15) is 16.9 Å². The summed E-state index contributed by atoms with van der Waals surface area (Å²) in [5.41, 5.74) is 4.92. The van der Waals surface area contributed by atoms with Gasteiger partial charge in [-0.05, 0) is 17.5 Å². The first-order valence-electron chi connectivity index (χ1n) is 7.10. The van der Waals surface area contributed by atoms with Crippen molar-refractivity contribution >= 4 is 23.9 Å². The standard InChI is InChI=1S/C15H21N3OS/c1-2-13-3-5-14(6-4-13)11-16-17-15(19)12-18-7-9-20-10-8-18/h3-6,11H,2,7-10,12H2,1H3,(H,17,19)/p+1/b16-11-. The third-order valence-corrected chi connectivity index (χ3v) is 4.39. The Hall–Kier alpha value is -1.33. The highest BCUT2D eigenvalue weighted by Crippen LogP contribution is 2.02. The average molecular weight is 292 g/mol. The Bertz CT molecular complexity index is 453. The Morgan fingerprint density at radius 3 is 2.70 bits per heavy atom. The average Bonchev–Trinajstić information content (AvgIpc) is 2.49. The highest BCUT2D eigenvalue weighted by Gasteiger charge is 2.16. The summed E-state index contributed by atoms with van der Waals surface area (Å²) < 4.78 is 0. The van der Waals surface area contributed by atoms with Gasteiger partial charge in [0.05, 0.1) is 19.3 Å². The minimum Gasteiger partial charge on any atom is -0.326 e. The van der Waals surface area contributed by atoms with Crippen LogP contribution in [0.15, 0.2) is 29.4 Å². The third-order valence-electron chi connectivity index (χ3n) is 3.40. The van der Waals surface area contributed by atoms with Gasteiger partial charge in [0.25, 0.3) is 5.91 Å². The van der Waals surface area contributed by atoms with Crippen LogP contribution >= 0.6 is 11.8 Å². The number of hydrogen-bond donors (Lipinski definition) is 2. The molecule has 0 spiro atoms. The number of nitrogens with one attached hydrogen (secondary N) is 2. The Kier molecular flexibility index (Phi) is 6.08. The van der Waals surface area contributed by atoms with Crippen LogP contribution in [0.25, 0.3) is 0 Å². The van der Waals surface area contributed by atoms with Gasteiger partial charge in [-0.15, -0.1) is 0 Å². The van der Waals surface area contributed by atoms with Crippen LogP contribution in [0.4, 0.5) is 0 Å². The summed E-state index contributed by atoms with van der Waals surface area (Å²) in [7, 11) is 0. The molecular formula is C15H22N3OS+. The zero-order valence-electron chi connectivity index (χ0n) is 11.9. The molecule has 0 saturated carbocycles. The molecule has 1 amide bonds. The first kappa shape index (κ1) is 15.1. The largest absolute Gasteiger partial charge is 0.326 e. The van der Waals surface area contributed by atoms with E-state index in [0.717, 1.165) is 36.6 Å². The number of benzene rings is 1. The van der Waals surface area contributed by atoms with E-state index in [4.69, 9.17) is 0 Å². The molecule has 2 rings (SSSR count). The van der Waals surface area contributed by atoms with E-state index in [2.05, 4.69) is 29.6 Å². The number of carbonyl (C=O) groups is 1. The van der Waals surface area contributed by atoms with Crippen molar-refractivity contribution in [2.45, 2.75) is 13.3 Å². The second kappa shape index (κ2) is 8.07. The van der Waals surface area contributed by atoms with Crippen LogP contribution in [0, 0.1) is 0 Å². The summed E-state index contributed by atoms with van der Waals surface area (Å²) in [6.45, 7) is 4.79. The van der Waals surface area contributed by atoms with Crippen molar-refractivity contribution in [3.8, 4) is 0 Å². The predicted octanol–water partition coefficient (Wildman–Crippen LogP) is 0.331. The zero-order valence-corrected chi connectivity index (χ0v) is 12.7. The highest BCUT2D eigenvalue weighted by atomic mass is 32.2.